The van der Waals surface area contributed by atoms with E-state index in [0.717, 1.165) is 19.4 Å². The molecule has 0 aromatic carbocycles. The van der Waals surface area contributed by atoms with Crippen LogP contribution in [0.3, 0.4) is 0 Å². The summed E-state index contributed by atoms with van der Waals surface area (Å²) in [6.45, 7) is 0.981. The SMILES string of the molecule is FC1(c2nc([C@@H]3CCCN3)no2)CC1. The van der Waals surface area contributed by atoms with Crippen LogP contribution in [0.5, 0.6) is 0 Å². The van der Waals surface area contributed by atoms with Crippen LogP contribution in [-0.4, -0.2) is 16.7 Å². The number of hydrogen-bond acceptors (Lipinski definition) is 4. The van der Waals surface area contributed by atoms with Crippen molar-refractivity contribution in [1.29, 1.82) is 0 Å². The normalized spacial score (nSPS) is 29.4. The molecule has 2 aliphatic rings. The lowest BCUT2D eigenvalue weighted by atomic mass is 10.2. The molecule has 3 rings (SSSR count). The number of halogens is 1. The van der Waals surface area contributed by atoms with Gasteiger partial charge in [0.2, 0.25) is 0 Å². The van der Waals surface area contributed by atoms with E-state index >= 15 is 0 Å². The van der Waals surface area contributed by atoms with Crippen LogP contribution in [0.4, 0.5) is 4.39 Å². The zero-order valence-corrected chi connectivity index (χ0v) is 7.79. The Bertz CT molecular complexity index is 342. The molecule has 0 amide bonds. The minimum Gasteiger partial charge on any atom is -0.336 e. The molecule has 0 spiro atoms. The van der Waals surface area contributed by atoms with E-state index in [9.17, 15) is 4.39 Å². The van der Waals surface area contributed by atoms with Crippen LogP contribution in [-0.2, 0) is 5.67 Å². The van der Waals surface area contributed by atoms with Crippen LogP contribution in [0.15, 0.2) is 4.52 Å². The maximum absolute atomic E-state index is 13.5. The molecule has 1 aromatic rings. The highest BCUT2D eigenvalue weighted by atomic mass is 19.1. The van der Waals surface area contributed by atoms with Crippen molar-refractivity contribution >= 4 is 0 Å². The van der Waals surface area contributed by atoms with Crippen molar-refractivity contribution in [2.45, 2.75) is 37.4 Å². The number of nitrogens with zero attached hydrogens (tertiary/aromatic N) is 2. The van der Waals surface area contributed by atoms with Gasteiger partial charge < -0.3 is 9.84 Å². The van der Waals surface area contributed by atoms with Gasteiger partial charge in [-0.1, -0.05) is 5.16 Å². The molecule has 4 nitrogen and oxygen atoms in total. The third-order valence-electron chi connectivity index (χ3n) is 2.89. The second kappa shape index (κ2) is 2.76. The Morgan fingerprint density at radius 3 is 3.00 bits per heavy atom. The summed E-state index contributed by atoms with van der Waals surface area (Å²) in [6.07, 6.45) is 3.17. The van der Waals surface area contributed by atoms with Gasteiger partial charge in [0.15, 0.2) is 11.5 Å². The molecular formula is C9H12FN3O. The molecule has 0 unspecified atom stereocenters. The maximum atomic E-state index is 13.5. The van der Waals surface area contributed by atoms with E-state index in [1.807, 2.05) is 0 Å². The van der Waals surface area contributed by atoms with Crippen molar-refractivity contribution in [3.63, 3.8) is 0 Å². The summed E-state index contributed by atoms with van der Waals surface area (Å²) in [5.74, 6) is 0.780. The van der Waals surface area contributed by atoms with Crippen molar-refractivity contribution in [1.82, 2.24) is 15.5 Å². The van der Waals surface area contributed by atoms with Crippen molar-refractivity contribution in [3.05, 3.63) is 11.7 Å². The lowest BCUT2D eigenvalue weighted by Gasteiger charge is -2.01. The van der Waals surface area contributed by atoms with Crippen LogP contribution < -0.4 is 5.32 Å². The molecule has 1 saturated heterocycles. The maximum Gasteiger partial charge on any atom is 0.264 e. The molecule has 1 N–H and O–H groups in total. The van der Waals surface area contributed by atoms with Crippen molar-refractivity contribution in [2.75, 3.05) is 6.54 Å². The summed E-state index contributed by atoms with van der Waals surface area (Å²) in [6, 6.07) is 0.162. The summed E-state index contributed by atoms with van der Waals surface area (Å²) >= 11 is 0. The minimum atomic E-state index is -1.30. The standard InChI is InChI=1S/C9H12FN3O/c10-9(3-4-9)8-12-7(13-14-8)6-2-1-5-11-6/h6,11H,1-5H2/t6-/m0/s1. The van der Waals surface area contributed by atoms with E-state index in [-0.39, 0.29) is 11.9 Å². The Morgan fingerprint density at radius 2 is 2.36 bits per heavy atom. The van der Waals surface area contributed by atoms with E-state index in [4.69, 9.17) is 4.52 Å². The number of nitrogens with one attached hydrogen (secondary N) is 1. The fourth-order valence-corrected chi connectivity index (χ4v) is 1.79. The van der Waals surface area contributed by atoms with Crippen molar-refractivity contribution in [2.24, 2.45) is 0 Å². The predicted molar refractivity (Wildman–Crippen MR) is 46.3 cm³/mol. The summed E-state index contributed by atoms with van der Waals surface area (Å²) in [7, 11) is 0. The van der Waals surface area contributed by atoms with Crippen LogP contribution in [0.1, 0.15) is 43.4 Å². The number of aromatic nitrogens is 2. The Morgan fingerprint density at radius 1 is 1.50 bits per heavy atom. The van der Waals surface area contributed by atoms with Crippen LogP contribution in [0.2, 0.25) is 0 Å². The average Bonchev–Trinajstić information content (AvgIpc) is 2.73. The summed E-state index contributed by atoms with van der Waals surface area (Å²) in [5, 5.41) is 7.07. The molecule has 0 radical (unpaired) electrons. The Hall–Kier alpha value is -0.970. The first-order chi connectivity index (χ1) is 6.78. The molecule has 2 fully saturated rings. The van der Waals surface area contributed by atoms with Crippen LogP contribution >= 0.6 is 0 Å². The lowest BCUT2D eigenvalue weighted by molar-refractivity contribution is 0.225. The van der Waals surface area contributed by atoms with E-state index in [2.05, 4.69) is 15.5 Å². The number of alkyl halides is 1. The van der Waals surface area contributed by atoms with Gasteiger partial charge in [-0.15, -0.1) is 0 Å². The average molecular weight is 197 g/mol. The highest BCUT2D eigenvalue weighted by molar-refractivity contribution is 5.10. The lowest BCUT2D eigenvalue weighted by Crippen LogP contribution is -2.14. The summed E-state index contributed by atoms with van der Waals surface area (Å²) < 4.78 is 18.4. The molecule has 14 heavy (non-hydrogen) atoms. The first-order valence-electron chi connectivity index (χ1n) is 5.04. The predicted octanol–water partition coefficient (Wildman–Crippen LogP) is 1.45. The van der Waals surface area contributed by atoms with Crippen LogP contribution in [0, 0.1) is 0 Å². The Balaban J connectivity index is 1.82. The van der Waals surface area contributed by atoms with Crippen LogP contribution in [0.25, 0.3) is 0 Å². The topological polar surface area (TPSA) is 51.0 Å². The molecule has 1 atom stereocenters. The van der Waals surface area contributed by atoms with E-state index in [1.165, 1.54) is 0 Å². The Kier molecular flexibility index (Phi) is 1.65. The molecule has 1 aromatic heterocycles. The molecular weight excluding hydrogens is 185 g/mol. The van der Waals surface area contributed by atoms with Gasteiger partial charge in [-0.25, -0.2) is 4.39 Å². The van der Waals surface area contributed by atoms with Gasteiger partial charge in [0.25, 0.3) is 5.89 Å². The molecule has 1 saturated carbocycles. The first-order valence-corrected chi connectivity index (χ1v) is 5.04. The van der Waals surface area contributed by atoms with Gasteiger partial charge in [0.05, 0.1) is 6.04 Å². The third-order valence-corrected chi connectivity index (χ3v) is 2.89. The zero-order valence-electron chi connectivity index (χ0n) is 7.79. The monoisotopic (exact) mass is 197 g/mol. The fraction of sp³-hybridized carbons (Fsp3) is 0.778. The highest BCUT2D eigenvalue weighted by Gasteiger charge is 2.50. The number of rotatable bonds is 2. The van der Waals surface area contributed by atoms with Gasteiger partial charge in [0.1, 0.15) is 0 Å². The van der Waals surface area contributed by atoms with Gasteiger partial charge >= 0.3 is 0 Å². The molecule has 2 heterocycles. The molecule has 1 aliphatic carbocycles. The van der Waals surface area contributed by atoms with Gasteiger partial charge in [-0.2, -0.15) is 4.98 Å². The second-order valence-electron chi connectivity index (χ2n) is 4.07. The highest BCUT2D eigenvalue weighted by Crippen LogP contribution is 2.48. The van der Waals surface area contributed by atoms with Crippen molar-refractivity contribution in [3.8, 4) is 0 Å². The third kappa shape index (κ3) is 1.23. The summed E-state index contributed by atoms with van der Waals surface area (Å²) in [5.41, 5.74) is -1.30. The number of hydrogen-bond donors (Lipinski definition) is 1. The molecule has 1 aliphatic heterocycles. The Labute approximate surface area is 80.9 Å². The fourth-order valence-electron chi connectivity index (χ4n) is 1.79. The zero-order chi connectivity index (χ0) is 9.60. The van der Waals surface area contributed by atoms with E-state index in [1.54, 1.807) is 0 Å². The molecule has 0 bridgehead atoms. The van der Waals surface area contributed by atoms with Gasteiger partial charge in [-0.3, -0.25) is 0 Å². The summed E-state index contributed by atoms with van der Waals surface area (Å²) in [4.78, 5) is 4.11. The largest absolute Gasteiger partial charge is 0.336 e. The van der Waals surface area contributed by atoms with Gasteiger partial charge in [-0.05, 0) is 32.2 Å². The van der Waals surface area contributed by atoms with Crippen molar-refractivity contribution < 1.29 is 8.91 Å². The van der Waals surface area contributed by atoms with E-state index in [0.29, 0.717) is 18.7 Å². The first kappa shape index (κ1) is 8.35. The quantitative estimate of drug-likeness (QED) is 0.779. The smallest absolute Gasteiger partial charge is 0.264 e. The van der Waals surface area contributed by atoms with Gasteiger partial charge in [0, 0.05) is 0 Å². The molecule has 5 heteroatoms. The molecule has 76 valence electrons. The minimum absolute atomic E-state index is 0.162. The van der Waals surface area contributed by atoms with E-state index < -0.39 is 5.67 Å². The second-order valence-corrected chi connectivity index (χ2v) is 4.07.